The van der Waals surface area contributed by atoms with Gasteiger partial charge in [0, 0.05) is 13.1 Å². The van der Waals surface area contributed by atoms with Gasteiger partial charge >= 0.3 is 5.97 Å². The van der Waals surface area contributed by atoms with Crippen molar-refractivity contribution in [2.24, 2.45) is 5.41 Å². The lowest BCUT2D eigenvalue weighted by atomic mass is 9.87. The fourth-order valence-electron chi connectivity index (χ4n) is 2.95. The molecule has 0 aromatic heterocycles. The van der Waals surface area contributed by atoms with Gasteiger partial charge in [0.25, 0.3) is 0 Å². The van der Waals surface area contributed by atoms with Crippen LogP contribution in [0.4, 0.5) is 0 Å². The van der Waals surface area contributed by atoms with Gasteiger partial charge in [-0.25, -0.2) is 0 Å². The SMILES string of the molecule is CC(C)(CCCCN1CCc2ccccc2CC1)C(=O)O. The van der Waals surface area contributed by atoms with E-state index in [1.807, 2.05) is 13.8 Å². The molecule has 3 heteroatoms. The van der Waals surface area contributed by atoms with E-state index >= 15 is 0 Å². The Morgan fingerprint density at radius 3 is 2.24 bits per heavy atom. The first-order valence-electron chi connectivity index (χ1n) is 8.01. The second-order valence-corrected chi connectivity index (χ2v) is 6.76. The van der Waals surface area contributed by atoms with E-state index in [2.05, 4.69) is 29.2 Å². The number of carboxylic acid groups (broad SMARTS) is 1. The molecule has 1 aromatic carbocycles. The zero-order chi connectivity index (χ0) is 15.3. The van der Waals surface area contributed by atoms with Gasteiger partial charge in [-0.1, -0.05) is 30.7 Å². The van der Waals surface area contributed by atoms with Crippen molar-refractivity contribution in [2.75, 3.05) is 19.6 Å². The molecule has 0 unspecified atom stereocenters. The number of aliphatic carboxylic acids is 1. The average Bonchev–Trinajstić information content (AvgIpc) is 2.66. The molecule has 1 aliphatic heterocycles. The maximum absolute atomic E-state index is 11.1. The highest BCUT2D eigenvalue weighted by atomic mass is 16.4. The van der Waals surface area contributed by atoms with Gasteiger partial charge in [-0.15, -0.1) is 0 Å². The number of rotatable bonds is 6. The minimum absolute atomic E-state index is 0.588. The monoisotopic (exact) mass is 289 g/mol. The quantitative estimate of drug-likeness (QED) is 0.816. The molecule has 3 nitrogen and oxygen atoms in total. The number of unbranched alkanes of at least 4 members (excludes halogenated alkanes) is 1. The third-order valence-electron chi connectivity index (χ3n) is 4.62. The van der Waals surface area contributed by atoms with Crippen molar-refractivity contribution < 1.29 is 9.90 Å². The van der Waals surface area contributed by atoms with Gasteiger partial charge in [0.15, 0.2) is 0 Å². The van der Waals surface area contributed by atoms with Gasteiger partial charge < -0.3 is 10.0 Å². The lowest BCUT2D eigenvalue weighted by molar-refractivity contribution is -0.147. The molecule has 0 aliphatic carbocycles. The molecule has 0 saturated heterocycles. The molecule has 1 aliphatic rings. The Bertz CT molecular complexity index is 455. The number of hydrogen-bond donors (Lipinski definition) is 1. The van der Waals surface area contributed by atoms with Gasteiger partial charge in [-0.3, -0.25) is 4.79 Å². The maximum atomic E-state index is 11.1. The summed E-state index contributed by atoms with van der Waals surface area (Å²) in [6.07, 6.45) is 5.11. The Hall–Kier alpha value is -1.35. The van der Waals surface area contributed by atoms with Crippen LogP contribution in [0.1, 0.15) is 44.2 Å². The van der Waals surface area contributed by atoms with E-state index in [1.54, 1.807) is 0 Å². The molecule has 0 fully saturated rings. The summed E-state index contributed by atoms with van der Waals surface area (Å²) in [5, 5.41) is 9.12. The van der Waals surface area contributed by atoms with Crippen LogP contribution in [-0.2, 0) is 17.6 Å². The molecule has 1 N–H and O–H groups in total. The molecule has 0 amide bonds. The second kappa shape index (κ2) is 7.08. The van der Waals surface area contributed by atoms with Gasteiger partial charge in [0.05, 0.1) is 5.41 Å². The standard InChI is InChI=1S/C18H27NO2/c1-18(2,17(20)21)11-5-6-12-19-13-9-15-7-3-4-8-16(15)10-14-19/h3-4,7-8H,5-6,9-14H2,1-2H3,(H,20,21). The number of benzene rings is 1. The Morgan fingerprint density at radius 2 is 1.71 bits per heavy atom. The van der Waals surface area contributed by atoms with Gasteiger partial charge in [-0.2, -0.15) is 0 Å². The van der Waals surface area contributed by atoms with E-state index < -0.39 is 11.4 Å². The summed E-state index contributed by atoms with van der Waals surface area (Å²) in [6, 6.07) is 8.74. The second-order valence-electron chi connectivity index (χ2n) is 6.76. The molecule has 0 bridgehead atoms. The van der Waals surface area contributed by atoms with Crippen molar-refractivity contribution in [3.05, 3.63) is 35.4 Å². The number of hydrogen-bond acceptors (Lipinski definition) is 2. The number of carbonyl (C=O) groups is 1. The highest BCUT2D eigenvalue weighted by Gasteiger charge is 2.26. The van der Waals surface area contributed by atoms with Crippen molar-refractivity contribution in [2.45, 2.75) is 46.0 Å². The van der Waals surface area contributed by atoms with Crippen LogP contribution in [0.2, 0.25) is 0 Å². The third-order valence-corrected chi connectivity index (χ3v) is 4.62. The summed E-state index contributed by atoms with van der Waals surface area (Å²) >= 11 is 0. The predicted octanol–water partition coefficient (Wildman–Crippen LogP) is 3.37. The molecule has 1 heterocycles. The van der Waals surface area contributed by atoms with Crippen molar-refractivity contribution in [1.29, 1.82) is 0 Å². The topological polar surface area (TPSA) is 40.5 Å². The van der Waals surface area contributed by atoms with Crippen LogP contribution in [0, 0.1) is 5.41 Å². The molecule has 0 radical (unpaired) electrons. The molecule has 2 rings (SSSR count). The number of nitrogens with zero attached hydrogens (tertiary/aromatic N) is 1. The minimum atomic E-state index is -0.687. The van der Waals surface area contributed by atoms with Crippen molar-refractivity contribution >= 4 is 5.97 Å². The molecular formula is C18H27NO2. The predicted molar refractivity (Wildman–Crippen MR) is 85.6 cm³/mol. The van der Waals surface area contributed by atoms with E-state index in [9.17, 15) is 4.79 Å². The lowest BCUT2D eigenvalue weighted by Gasteiger charge is -2.22. The fraction of sp³-hybridized carbons (Fsp3) is 0.611. The molecule has 0 spiro atoms. The smallest absolute Gasteiger partial charge is 0.309 e. The molecule has 116 valence electrons. The fourth-order valence-corrected chi connectivity index (χ4v) is 2.95. The molecule has 1 aromatic rings. The van der Waals surface area contributed by atoms with Crippen LogP contribution in [0.3, 0.4) is 0 Å². The summed E-state index contributed by atoms with van der Waals surface area (Å²) in [5.41, 5.74) is 2.40. The minimum Gasteiger partial charge on any atom is -0.481 e. The Labute approximate surface area is 128 Å². The van der Waals surface area contributed by atoms with Crippen LogP contribution >= 0.6 is 0 Å². The van der Waals surface area contributed by atoms with Crippen LogP contribution in [-0.4, -0.2) is 35.6 Å². The molecular weight excluding hydrogens is 262 g/mol. The Morgan fingerprint density at radius 1 is 1.14 bits per heavy atom. The normalized spacial score (nSPS) is 16.3. The van der Waals surface area contributed by atoms with E-state index in [4.69, 9.17) is 5.11 Å². The Balaban J connectivity index is 1.73. The van der Waals surface area contributed by atoms with Crippen LogP contribution in [0.5, 0.6) is 0 Å². The first-order chi connectivity index (χ1) is 9.99. The molecule has 0 saturated carbocycles. The van der Waals surface area contributed by atoms with Crippen molar-refractivity contribution in [3.8, 4) is 0 Å². The highest BCUT2D eigenvalue weighted by molar-refractivity contribution is 5.73. The lowest BCUT2D eigenvalue weighted by Crippen LogP contribution is -2.28. The van der Waals surface area contributed by atoms with E-state index in [0.29, 0.717) is 0 Å². The average molecular weight is 289 g/mol. The molecule has 0 atom stereocenters. The van der Waals surface area contributed by atoms with Crippen LogP contribution in [0.15, 0.2) is 24.3 Å². The van der Waals surface area contributed by atoms with Gasteiger partial charge in [0.2, 0.25) is 0 Å². The summed E-state index contributed by atoms with van der Waals surface area (Å²) in [7, 11) is 0. The first kappa shape index (κ1) is 16.0. The summed E-state index contributed by atoms with van der Waals surface area (Å²) in [6.45, 7) is 6.97. The number of fused-ring (bicyclic) bond motifs is 1. The zero-order valence-corrected chi connectivity index (χ0v) is 13.3. The largest absolute Gasteiger partial charge is 0.481 e. The first-order valence-corrected chi connectivity index (χ1v) is 8.01. The maximum Gasteiger partial charge on any atom is 0.309 e. The summed E-state index contributed by atoms with van der Waals surface area (Å²) < 4.78 is 0. The van der Waals surface area contributed by atoms with E-state index in [1.165, 1.54) is 11.1 Å². The van der Waals surface area contributed by atoms with Crippen molar-refractivity contribution in [1.82, 2.24) is 4.90 Å². The Kier molecular flexibility index (Phi) is 5.40. The molecule has 21 heavy (non-hydrogen) atoms. The van der Waals surface area contributed by atoms with E-state index in [-0.39, 0.29) is 0 Å². The zero-order valence-electron chi connectivity index (χ0n) is 13.3. The van der Waals surface area contributed by atoms with Crippen LogP contribution in [0.25, 0.3) is 0 Å². The summed E-state index contributed by atoms with van der Waals surface area (Å²) in [5.74, 6) is -0.687. The van der Waals surface area contributed by atoms with Crippen molar-refractivity contribution in [3.63, 3.8) is 0 Å². The van der Waals surface area contributed by atoms with Gasteiger partial charge in [0.1, 0.15) is 0 Å². The highest BCUT2D eigenvalue weighted by Crippen LogP contribution is 2.23. The van der Waals surface area contributed by atoms with E-state index in [0.717, 1.165) is 51.7 Å². The third kappa shape index (κ3) is 4.57. The van der Waals surface area contributed by atoms with Crippen LogP contribution < -0.4 is 0 Å². The summed E-state index contributed by atoms with van der Waals surface area (Å²) in [4.78, 5) is 13.6. The number of carboxylic acids is 1. The van der Waals surface area contributed by atoms with Gasteiger partial charge in [-0.05, 0) is 57.2 Å².